The van der Waals surface area contributed by atoms with Gasteiger partial charge in [-0.15, -0.1) is 0 Å². The monoisotopic (exact) mass is 397 g/mol. The van der Waals surface area contributed by atoms with Crippen molar-refractivity contribution < 1.29 is 29.3 Å². The topological polar surface area (TPSA) is 128 Å². The Hall–Kier alpha value is -3.43. The molecule has 2 atom stereocenters. The van der Waals surface area contributed by atoms with Crippen molar-refractivity contribution in [3.63, 3.8) is 0 Å². The first-order valence-corrected chi connectivity index (χ1v) is 8.91. The van der Waals surface area contributed by atoms with Gasteiger partial charge in [-0.25, -0.2) is 4.79 Å². The fourth-order valence-corrected chi connectivity index (χ4v) is 3.78. The molecule has 9 nitrogen and oxygen atoms in total. The largest absolute Gasteiger partial charge is 0.497 e. The second-order valence-electron chi connectivity index (χ2n) is 6.99. The van der Waals surface area contributed by atoms with Crippen molar-refractivity contribution >= 4 is 17.8 Å². The van der Waals surface area contributed by atoms with E-state index in [2.05, 4.69) is 10.6 Å². The smallest absolute Gasteiger partial charge is 0.335 e. The lowest BCUT2D eigenvalue weighted by Gasteiger charge is -2.32. The molecule has 1 saturated heterocycles. The highest BCUT2D eigenvalue weighted by Crippen LogP contribution is 2.32. The summed E-state index contributed by atoms with van der Waals surface area (Å²) in [5.74, 6) is -1.29. The second kappa shape index (κ2) is 6.87. The lowest BCUT2D eigenvalue weighted by molar-refractivity contribution is -0.125. The zero-order valence-corrected chi connectivity index (χ0v) is 15.5. The molecule has 0 bridgehead atoms. The minimum absolute atomic E-state index is 0.0435. The number of amides is 2. The van der Waals surface area contributed by atoms with Gasteiger partial charge in [-0.05, 0) is 35.4 Å². The van der Waals surface area contributed by atoms with Gasteiger partial charge in [0.2, 0.25) is 5.91 Å². The minimum Gasteiger partial charge on any atom is -0.497 e. The van der Waals surface area contributed by atoms with Gasteiger partial charge in [0.05, 0.1) is 19.2 Å². The van der Waals surface area contributed by atoms with E-state index in [1.807, 2.05) is 0 Å². The molecular formula is C20H19N3O6. The Labute approximate surface area is 165 Å². The number of carbonyl (C=O) groups is 3. The molecule has 29 heavy (non-hydrogen) atoms. The van der Waals surface area contributed by atoms with E-state index in [4.69, 9.17) is 9.84 Å². The SMILES string of the molecule is COc1ccc2c(c1)C(=O)N(CC1(c3ccc(C(=O)O)cc3)NC(O)NC1=O)C2. The third-order valence-corrected chi connectivity index (χ3v) is 5.29. The molecule has 0 spiro atoms. The molecule has 4 rings (SSSR count). The molecule has 9 heteroatoms. The van der Waals surface area contributed by atoms with Gasteiger partial charge < -0.3 is 25.2 Å². The van der Waals surface area contributed by atoms with Crippen LogP contribution in [-0.2, 0) is 16.9 Å². The Morgan fingerprint density at radius 3 is 2.55 bits per heavy atom. The molecule has 2 aromatic rings. The summed E-state index contributed by atoms with van der Waals surface area (Å²) in [5, 5.41) is 24.3. The molecule has 2 aromatic carbocycles. The van der Waals surface area contributed by atoms with Gasteiger partial charge in [0.15, 0.2) is 6.35 Å². The van der Waals surface area contributed by atoms with Crippen molar-refractivity contribution in [2.24, 2.45) is 0 Å². The standard InChI is InChI=1S/C20H19N3O6/c1-29-14-7-4-12-9-23(16(24)15(12)8-14)10-20(18(27)21-19(28)22-20)13-5-2-11(3-6-13)17(25)26/h2-8,19,22,28H,9-10H2,1H3,(H,21,27)(H,25,26). The highest BCUT2D eigenvalue weighted by Gasteiger charge is 2.50. The number of methoxy groups -OCH3 is 1. The molecule has 2 heterocycles. The van der Waals surface area contributed by atoms with Crippen LogP contribution in [0.2, 0.25) is 0 Å². The number of carboxylic acids is 1. The molecule has 0 radical (unpaired) electrons. The maximum atomic E-state index is 12.9. The Morgan fingerprint density at radius 2 is 1.97 bits per heavy atom. The van der Waals surface area contributed by atoms with E-state index >= 15 is 0 Å². The van der Waals surface area contributed by atoms with E-state index in [9.17, 15) is 19.5 Å². The maximum absolute atomic E-state index is 12.9. The van der Waals surface area contributed by atoms with Crippen LogP contribution >= 0.6 is 0 Å². The molecule has 2 aliphatic heterocycles. The maximum Gasteiger partial charge on any atom is 0.335 e. The number of ether oxygens (including phenoxy) is 1. The summed E-state index contributed by atoms with van der Waals surface area (Å²) >= 11 is 0. The summed E-state index contributed by atoms with van der Waals surface area (Å²) in [6.07, 6.45) is -1.29. The number of aliphatic hydroxyl groups excluding tert-OH is 1. The molecule has 2 aliphatic rings. The number of aliphatic hydroxyl groups is 1. The second-order valence-corrected chi connectivity index (χ2v) is 6.99. The zero-order valence-electron chi connectivity index (χ0n) is 15.5. The fourth-order valence-electron chi connectivity index (χ4n) is 3.78. The summed E-state index contributed by atoms with van der Waals surface area (Å²) in [4.78, 5) is 38.4. The van der Waals surface area contributed by atoms with Crippen molar-refractivity contribution in [2.75, 3.05) is 13.7 Å². The van der Waals surface area contributed by atoms with Crippen LogP contribution in [0.15, 0.2) is 42.5 Å². The predicted molar refractivity (Wildman–Crippen MR) is 100 cm³/mol. The van der Waals surface area contributed by atoms with Crippen molar-refractivity contribution in [3.05, 3.63) is 64.7 Å². The molecule has 2 amide bonds. The average molecular weight is 397 g/mol. The summed E-state index contributed by atoms with van der Waals surface area (Å²) in [6, 6.07) is 11.0. The molecule has 0 saturated carbocycles. The van der Waals surface area contributed by atoms with Gasteiger partial charge in [0.25, 0.3) is 5.91 Å². The van der Waals surface area contributed by atoms with Gasteiger partial charge in [0.1, 0.15) is 11.3 Å². The predicted octanol–water partition coefficient (Wildman–Crippen LogP) is 0.240. The fraction of sp³-hybridized carbons (Fsp3) is 0.250. The van der Waals surface area contributed by atoms with E-state index in [-0.39, 0.29) is 18.0 Å². The van der Waals surface area contributed by atoms with Crippen molar-refractivity contribution in [3.8, 4) is 5.75 Å². The molecule has 4 N–H and O–H groups in total. The van der Waals surface area contributed by atoms with Crippen LogP contribution in [0.25, 0.3) is 0 Å². The van der Waals surface area contributed by atoms with E-state index < -0.39 is 23.8 Å². The molecule has 1 fully saturated rings. The van der Waals surface area contributed by atoms with Crippen molar-refractivity contribution in [1.82, 2.24) is 15.5 Å². The number of nitrogens with one attached hydrogen (secondary N) is 2. The third-order valence-electron chi connectivity index (χ3n) is 5.29. The van der Waals surface area contributed by atoms with Crippen LogP contribution in [0.4, 0.5) is 0 Å². The van der Waals surface area contributed by atoms with E-state index in [1.165, 1.54) is 36.3 Å². The zero-order chi connectivity index (χ0) is 20.8. The van der Waals surface area contributed by atoms with Crippen LogP contribution < -0.4 is 15.4 Å². The summed E-state index contributed by atoms with van der Waals surface area (Å²) < 4.78 is 5.18. The summed E-state index contributed by atoms with van der Waals surface area (Å²) in [7, 11) is 1.52. The van der Waals surface area contributed by atoms with Crippen LogP contribution in [0.5, 0.6) is 5.75 Å². The normalized spacial score (nSPS) is 23.1. The van der Waals surface area contributed by atoms with Crippen LogP contribution in [-0.4, -0.2) is 52.9 Å². The van der Waals surface area contributed by atoms with E-state index in [0.717, 1.165) is 5.56 Å². The van der Waals surface area contributed by atoms with E-state index in [1.54, 1.807) is 18.2 Å². The van der Waals surface area contributed by atoms with Crippen LogP contribution in [0.1, 0.15) is 31.8 Å². The molecule has 0 aliphatic carbocycles. The number of aromatic carboxylic acids is 1. The number of rotatable bonds is 5. The first-order valence-electron chi connectivity index (χ1n) is 8.91. The number of carbonyl (C=O) groups excluding carboxylic acids is 2. The minimum atomic E-state index is -1.42. The number of hydrogen-bond donors (Lipinski definition) is 4. The Kier molecular flexibility index (Phi) is 4.48. The Morgan fingerprint density at radius 1 is 1.24 bits per heavy atom. The lowest BCUT2D eigenvalue weighted by atomic mass is 9.88. The Balaban J connectivity index is 1.68. The first-order chi connectivity index (χ1) is 13.8. The number of fused-ring (bicyclic) bond motifs is 1. The van der Waals surface area contributed by atoms with Crippen molar-refractivity contribution in [2.45, 2.75) is 18.4 Å². The number of benzene rings is 2. The van der Waals surface area contributed by atoms with Gasteiger partial charge >= 0.3 is 5.97 Å². The third kappa shape index (κ3) is 3.10. The highest BCUT2D eigenvalue weighted by atomic mass is 16.5. The molecule has 0 aromatic heterocycles. The quantitative estimate of drug-likeness (QED) is 0.569. The number of hydrogen-bond acceptors (Lipinski definition) is 6. The van der Waals surface area contributed by atoms with Crippen LogP contribution in [0.3, 0.4) is 0 Å². The van der Waals surface area contributed by atoms with E-state index in [0.29, 0.717) is 23.4 Å². The summed E-state index contributed by atoms with van der Waals surface area (Å²) in [5.41, 5.74) is 0.404. The van der Waals surface area contributed by atoms with Gasteiger partial charge in [-0.1, -0.05) is 18.2 Å². The number of carboxylic acid groups (broad SMARTS) is 1. The molecule has 150 valence electrons. The van der Waals surface area contributed by atoms with Crippen LogP contribution in [0, 0.1) is 0 Å². The summed E-state index contributed by atoms with van der Waals surface area (Å²) in [6.45, 7) is 0.260. The molecule has 2 unspecified atom stereocenters. The van der Waals surface area contributed by atoms with Gasteiger partial charge in [-0.3, -0.25) is 14.9 Å². The van der Waals surface area contributed by atoms with Crippen molar-refractivity contribution in [1.29, 1.82) is 0 Å². The van der Waals surface area contributed by atoms with Gasteiger partial charge in [-0.2, -0.15) is 0 Å². The average Bonchev–Trinajstić information content (AvgIpc) is 3.17. The highest BCUT2D eigenvalue weighted by molar-refractivity contribution is 6.00. The molecular weight excluding hydrogens is 378 g/mol. The number of nitrogens with zero attached hydrogens (tertiary/aromatic N) is 1. The lowest BCUT2D eigenvalue weighted by Crippen LogP contribution is -2.53. The van der Waals surface area contributed by atoms with Gasteiger partial charge in [0, 0.05) is 12.1 Å². The first kappa shape index (κ1) is 18.9. The Bertz CT molecular complexity index is 1010.